The van der Waals surface area contributed by atoms with E-state index in [2.05, 4.69) is 13.5 Å². The number of rotatable bonds is 5. The van der Waals surface area contributed by atoms with Gasteiger partial charge in [-0.3, -0.25) is 0 Å². The van der Waals surface area contributed by atoms with Crippen LogP contribution >= 0.6 is 11.6 Å². The molecular formula is C12H16ClNO. The van der Waals surface area contributed by atoms with Gasteiger partial charge in [0.15, 0.2) is 0 Å². The van der Waals surface area contributed by atoms with Crippen molar-refractivity contribution in [2.24, 2.45) is 5.73 Å². The predicted octanol–water partition coefficient (Wildman–Crippen LogP) is 3.23. The molecule has 0 saturated carbocycles. The summed E-state index contributed by atoms with van der Waals surface area (Å²) in [6.45, 7) is 5.95. The first-order chi connectivity index (χ1) is 7.13. The van der Waals surface area contributed by atoms with Crippen molar-refractivity contribution in [1.82, 2.24) is 0 Å². The molecule has 0 aliphatic heterocycles. The van der Waals surface area contributed by atoms with Gasteiger partial charge in [-0.15, -0.1) is 0 Å². The molecule has 0 heterocycles. The Balaban J connectivity index is 2.60. The van der Waals surface area contributed by atoms with Crippen LogP contribution in [0.1, 0.15) is 24.9 Å². The van der Waals surface area contributed by atoms with E-state index < -0.39 is 0 Å². The molecule has 1 aromatic carbocycles. The van der Waals surface area contributed by atoms with Gasteiger partial charge in [0.1, 0.15) is 12.4 Å². The summed E-state index contributed by atoms with van der Waals surface area (Å²) in [7, 11) is 0. The summed E-state index contributed by atoms with van der Waals surface area (Å²) in [6, 6.07) is 7.83. The smallest absolute Gasteiger partial charge is 0.123 e. The van der Waals surface area contributed by atoms with Gasteiger partial charge in [0.05, 0.1) is 0 Å². The van der Waals surface area contributed by atoms with Crippen LogP contribution in [0.4, 0.5) is 0 Å². The molecule has 0 radical (unpaired) electrons. The van der Waals surface area contributed by atoms with E-state index in [1.807, 2.05) is 24.3 Å². The van der Waals surface area contributed by atoms with E-state index in [1.165, 1.54) is 0 Å². The summed E-state index contributed by atoms with van der Waals surface area (Å²) in [5, 5.41) is 0.490. The van der Waals surface area contributed by atoms with E-state index in [-0.39, 0.29) is 6.04 Å². The molecule has 0 saturated heterocycles. The zero-order valence-corrected chi connectivity index (χ0v) is 9.63. The number of nitrogens with two attached hydrogens (primary N) is 1. The second-order valence-electron chi connectivity index (χ2n) is 3.39. The molecule has 3 heteroatoms. The van der Waals surface area contributed by atoms with Crippen molar-refractivity contribution in [3.8, 4) is 5.75 Å². The average Bonchev–Trinajstić information content (AvgIpc) is 2.26. The van der Waals surface area contributed by atoms with Gasteiger partial charge in [-0.1, -0.05) is 37.2 Å². The van der Waals surface area contributed by atoms with Crippen molar-refractivity contribution >= 4 is 11.6 Å². The maximum absolute atomic E-state index is 5.89. The van der Waals surface area contributed by atoms with Crippen LogP contribution in [0.15, 0.2) is 35.9 Å². The van der Waals surface area contributed by atoms with Crippen molar-refractivity contribution in [3.63, 3.8) is 0 Å². The van der Waals surface area contributed by atoms with Crippen LogP contribution in [0.2, 0.25) is 0 Å². The second-order valence-corrected chi connectivity index (χ2v) is 3.92. The van der Waals surface area contributed by atoms with Crippen LogP contribution < -0.4 is 10.5 Å². The first-order valence-electron chi connectivity index (χ1n) is 4.95. The molecule has 2 N–H and O–H groups in total. The number of hydrogen-bond acceptors (Lipinski definition) is 2. The molecule has 0 fully saturated rings. The Hall–Kier alpha value is -0.990. The van der Waals surface area contributed by atoms with E-state index in [9.17, 15) is 0 Å². The molecular weight excluding hydrogens is 210 g/mol. The minimum Gasteiger partial charge on any atom is -0.488 e. The molecule has 1 rings (SSSR count). The van der Waals surface area contributed by atoms with Gasteiger partial charge in [-0.2, -0.15) is 0 Å². The molecule has 0 spiro atoms. The Kier molecular flexibility index (Phi) is 4.66. The molecule has 15 heavy (non-hydrogen) atoms. The number of hydrogen-bond donors (Lipinski definition) is 1. The van der Waals surface area contributed by atoms with Crippen LogP contribution in [-0.4, -0.2) is 6.61 Å². The third-order valence-electron chi connectivity index (χ3n) is 2.14. The van der Waals surface area contributed by atoms with Crippen LogP contribution in [0.3, 0.4) is 0 Å². The third-order valence-corrected chi connectivity index (χ3v) is 2.25. The molecule has 1 unspecified atom stereocenters. The summed E-state index contributed by atoms with van der Waals surface area (Å²) in [5.74, 6) is 0.781. The molecule has 1 aromatic rings. The molecule has 82 valence electrons. The number of ether oxygens (including phenoxy) is 1. The molecule has 2 nitrogen and oxygen atoms in total. The summed E-state index contributed by atoms with van der Waals surface area (Å²) >= 11 is 5.59. The van der Waals surface area contributed by atoms with Crippen LogP contribution in [0, 0.1) is 0 Å². The van der Waals surface area contributed by atoms with Crippen LogP contribution in [-0.2, 0) is 0 Å². The highest BCUT2D eigenvalue weighted by Gasteiger charge is 2.02. The Labute approximate surface area is 95.7 Å². The monoisotopic (exact) mass is 225 g/mol. The Bertz CT molecular complexity index is 321. The zero-order chi connectivity index (χ0) is 11.3. The minimum absolute atomic E-state index is 0.0991. The van der Waals surface area contributed by atoms with E-state index >= 15 is 0 Å². The van der Waals surface area contributed by atoms with Gasteiger partial charge < -0.3 is 10.5 Å². The zero-order valence-electron chi connectivity index (χ0n) is 8.87. The summed E-state index contributed by atoms with van der Waals surface area (Å²) in [6.07, 6.45) is 0.929. The van der Waals surface area contributed by atoms with Crippen molar-refractivity contribution in [3.05, 3.63) is 41.4 Å². The van der Waals surface area contributed by atoms with Gasteiger partial charge >= 0.3 is 0 Å². The topological polar surface area (TPSA) is 35.2 Å². The quantitative estimate of drug-likeness (QED) is 0.835. The molecule has 0 amide bonds. The Morgan fingerprint density at radius 2 is 2.07 bits per heavy atom. The molecule has 0 aromatic heterocycles. The van der Waals surface area contributed by atoms with Crippen molar-refractivity contribution in [2.45, 2.75) is 19.4 Å². The van der Waals surface area contributed by atoms with Gasteiger partial charge in [-0.05, 0) is 24.1 Å². The third kappa shape index (κ3) is 3.94. The first-order valence-corrected chi connectivity index (χ1v) is 5.33. The highest BCUT2D eigenvalue weighted by atomic mass is 35.5. The molecule has 1 atom stereocenters. The summed E-state index contributed by atoms with van der Waals surface area (Å²) in [5.41, 5.74) is 7.01. The Morgan fingerprint density at radius 1 is 1.47 bits per heavy atom. The van der Waals surface area contributed by atoms with E-state index in [4.69, 9.17) is 22.1 Å². The highest BCUT2D eigenvalue weighted by Crippen LogP contribution is 2.18. The van der Waals surface area contributed by atoms with Crippen LogP contribution in [0.5, 0.6) is 5.75 Å². The molecule has 0 aliphatic carbocycles. The second kappa shape index (κ2) is 5.79. The van der Waals surface area contributed by atoms with Gasteiger partial charge in [0.25, 0.3) is 0 Å². The van der Waals surface area contributed by atoms with Gasteiger partial charge in [-0.25, -0.2) is 0 Å². The first kappa shape index (κ1) is 12.1. The average molecular weight is 226 g/mol. The standard InChI is InChI=1S/C12H16ClNO/c1-3-12(14)10-4-6-11(7-5-10)15-8-9(2)13/h4-7,12H,2-3,8,14H2,1H3. The SMILES string of the molecule is C=C(Cl)COc1ccc(C(N)CC)cc1. The lowest BCUT2D eigenvalue weighted by atomic mass is 10.1. The van der Waals surface area contributed by atoms with Crippen molar-refractivity contribution < 1.29 is 4.74 Å². The number of halogens is 1. The molecule has 0 bridgehead atoms. The van der Waals surface area contributed by atoms with Crippen LogP contribution in [0.25, 0.3) is 0 Å². The van der Waals surface area contributed by atoms with Gasteiger partial charge in [0, 0.05) is 11.1 Å². The Morgan fingerprint density at radius 3 is 2.53 bits per heavy atom. The largest absolute Gasteiger partial charge is 0.488 e. The van der Waals surface area contributed by atoms with E-state index in [1.54, 1.807) is 0 Å². The highest BCUT2D eigenvalue weighted by molar-refractivity contribution is 6.29. The van der Waals surface area contributed by atoms with E-state index in [0.29, 0.717) is 11.6 Å². The van der Waals surface area contributed by atoms with Crippen molar-refractivity contribution in [1.29, 1.82) is 0 Å². The minimum atomic E-state index is 0.0991. The maximum Gasteiger partial charge on any atom is 0.123 e. The fourth-order valence-electron chi connectivity index (χ4n) is 1.21. The normalized spacial score (nSPS) is 12.2. The molecule has 0 aliphatic rings. The number of benzene rings is 1. The lowest BCUT2D eigenvalue weighted by molar-refractivity contribution is 0.359. The fourth-order valence-corrected chi connectivity index (χ4v) is 1.26. The summed E-state index contributed by atoms with van der Waals surface area (Å²) in [4.78, 5) is 0. The fraction of sp³-hybridized carbons (Fsp3) is 0.333. The predicted molar refractivity (Wildman–Crippen MR) is 64.1 cm³/mol. The van der Waals surface area contributed by atoms with E-state index in [0.717, 1.165) is 17.7 Å². The van der Waals surface area contributed by atoms with Gasteiger partial charge in [0.2, 0.25) is 0 Å². The lowest BCUT2D eigenvalue weighted by Gasteiger charge is -2.10. The lowest BCUT2D eigenvalue weighted by Crippen LogP contribution is -2.08. The van der Waals surface area contributed by atoms with Crippen molar-refractivity contribution in [2.75, 3.05) is 6.61 Å². The maximum atomic E-state index is 5.89. The summed E-state index contributed by atoms with van der Waals surface area (Å²) < 4.78 is 5.36.